The van der Waals surface area contributed by atoms with Crippen molar-refractivity contribution in [2.45, 2.75) is 0 Å². The zero-order valence-corrected chi connectivity index (χ0v) is 14.2. The van der Waals surface area contributed by atoms with E-state index < -0.39 is 0 Å². The quantitative estimate of drug-likeness (QED) is 0.690. The van der Waals surface area contributed by atoms with Gasteiger partial charge in [0.2, 0.25) is 10.1 Å². The third kappa shape index (κ3) is 2.23. The minimum Gasteiger partial charge on any atom is -0.485 e. The van der Waals surface area contributed by atoms with Gasteiger partial charge >= 0.3 is 0 Å². The number of hydrogen-bond acceptors (Lipinski definition) is 7. The normalized spacial score (nSPS) is 15.3. The molecule has 5 nitrogen and oxygen atoms in total. The molecule has 3 aromatic heterocycles. The fraction of sp³-hybridized carbons (Fsp3) is 0.235. The predicted molar refractivity (Wildman–Crippen MR) is 92.8 cm³/mol. The molecule has 0 amide bonds. The standard InChI is InChI=1S/C17H13NO4S2/c1-2-13(12-9-24-17-15(12)20-4-6-22-17)18-7-10(1)11-8-23-16-14(11)19-3-5-21-16/h1-2,7-9H,3-6H2. The summed E-state index contributed by atoms with van der Waals surface area (Å²) >= 11 is 3.10. The largest absolute Gasteiger partial charge is 0.485 e. The van der Waals surface area contributed by atoms with E-state index in [1.807, 2.05) is 17.6 Å². The third-order valence-corrected chi connectivity index (χ3v) is 5.65. The zero-order chi connectivity index (χ0) is 15.9. The van der Waals surface area contributed by atoms with Crippen molar-refractivity contribution in [3.8, 4) is 44.0 Å². The number of ether oxygens (including phenoxy) is 4. The van der Waals surface area contributed by atoms with Gasteiger partial charge in [-0.15, -0.1) is 22.7 Å². The molecule has 2 aliphatic rings. The SMILES string of the molecule is c1cc(-c2csc3c2OCCO3)ncc1-c1csc2c1OCCO2. The molecule has 0 fully saturated rings. The van der Waals surface area contributed by atoms with Crippen molar-refractivity contribution >= 4 is 22.7 Å². The molecule has 0 unspecified atom stereocenters. The highest BCUT2D eigenvalue weighted by atomic mass is 32.1. The summed E-state index contributed by atoms with van der Waals surface area (Å²) in [6.07, 6.45) is 1.86. The lowest BCUT2D eigenvalue weighted by Gasteiger charge is -2.16. The summed E-state index contributed by atoms with van der Waals surface area (Å²) in [5.74, 6) is 1.63. The minimum atomic E-state index is 0.577. The van der Waals surface area contributed by atoms with Gasteiger partial charge in [-0.25, -0.2) is 0 Å². The highest BCUT2D eigenvalue weighted by Crippen LogP contribution is 2.47. The molecule has 24 heavy (non-hydrogen) atoms. The molecule has 5 heterocycles. The van der Waals surface area contributed by atoms with Crippen LogP contribution in [-0.2, 0) is 0 Å². The maximum absolute atomic E-state index is 5.75. The van der Waals surface area contributed by atoms with Crippen LogP contribution in [0.15, 0.2) is 29.1 Å². The van der Waals surface area contributed by atoms with E-state index >= 15 is 0 Å². The molecule has 0 aliphatic carbocycles. The van der Waals surface area contributed by atoms with Crippen LogP contribution in [0.2, 0.25) is 0 Å². The van der Waals surface area contributed by atoms with Gasteiger partial charge < -0.3 is 18.9 Å². The monoisotopic (exact) mass is 359 g/mol. The zero-order valence-electron chi connectivity index (χ0n) is 12.6. The minimum absolute atomic E-state index is 0.577. The summed E-state index contributed by atoms with van der Waals surface area (Å²) in [5, 5.41) is 5.76. The number of fused-ring (bicyclic) bond motifs is 2. The van der Waals surface area contributed by atoms with Gasteiger partial charge in [-0.3, -0.25) is 4.98 Å². The van der Waals surface area contributed by atoms with Crippen molar-refractivity contribution in [3.05, 3.63) is 29.1 Å². The van der Waals surface area contributed by atoms with Crippen molar-refractivity contribution in [1.29, 1.82) is 0 Å². The summed E-state index contributed by atoms with van der Waals surface area (Å²) in [5.41, 5.74) is 3.90. The number of aromatic nitrogens is 1. The number of thiophene rings is 2. The number of pyridine rings is 1. The summed E-state index contributed by atoms with van der Waals surface area (Å²) in [6.45, 7) is 2.37. The lowest BCUT2D eigenvalue weighted by molar-refractivity contribution is 0.178. The number of nitrogens with zero attached hydrogens (tertiary/aromatic N) is 1. The van der Waals surface area contributed by atoms with E-state index in [2.05, 4.69) is 16.4 Å². The summed E-state index contributed by atoms with van der Waals surface area (Å²) < 4.78 is 22.7. The molecule has 3 aromatic rings. The van der Waals surface area contributed by atoms with E-state index in [4.69, 9.17) is 18.9 Å². The van der Waals surface area contributed by atoms with Gasteiger partial charge in [0.05, 0.1) is 11.3 Å². The lowest BCUT2D eigenvalue weighted by Crippen LogP contribution is -2.14. The predicted octanol–water partition coefficient (Wildman–Crippen LogP) is 4.08. The molecule has 2 aliphatic heterocycles. The Hall–Kier alpha value is -2.25. The second-order valence-corrected chi connectivity index (χ2v) is 7.04. The van der Waals surface area contributed by atoms with Gasteiger partial charge in [0.15, 0.2) is 11.5 Å². The second kappa shape index (κ2) is 5.68. The fourth-order valence-electron chi connectivity index (χ4n) is 2.78. The van der Waals surface area contributed by atoms with Crippen LogP contribution in [0.5, 0.6) is 21.6 Å². The van der Waals surface area contributed by atoms with E-state index in [-0.39, 0.29) is 0 Å². The molecule has 122 valence electrons. The van der Waals surface area contributed by atoms with Gasteiger partial charge in [-0.05, 0) is 6.07 Å². The van der Waals surface area contributed by atoms with Gasteiger partial charge in [0.1, 0.15) is 26.4 Å². The Morgan fingerprint density at radius 3 is 2.04 bits per heavy atom. The molecular formula is C17H13NO4S2. The summed E-state index contributed by atoms with van der Waals surface area (Å²) in [7, 11) is 0. The smallest absolute Gasteiger partial charge is 0.217 e. The maximum atomic E-state index is 5.75. The van der Waals surface area contributed by atoms with E-state index in [0.29, 0.717) is 26.4 Å². The van der Waals surface area contributed by atoms with E-state index in [1.165, 1.54) is 0 Å². The van der Waals surface area contributed by atoms with Crippen molar-refractivity contribution in [2.75, 3.05) is 26.4 Å². The molecule has 0 saturated carbocycles. The average molecular weight is 359 g/mol. The van der Waals surface area contributed by atoms with Crippen LogP contribution in [0.25, 0.3) is 22.4 Å². The Morgan fingerprint density at radius 1 is 0.750 bits per heavy atom. The van der Waals surface area contributed by atoms with E-state index in [9.17, 15) is 0 Å². The van der Waals surface area contributed by atoms with Crippen LogP contribution in [0.3, 0.4) is 0 Å². The first kappa shape index (κ1) is 14.1. The Morgan fingerprint density at radius 2 is 1.38 bits per heavy atom. The average Bonchev–Trinajstić information content (AvgIpc) is 3.26. The first-order valence-electron chi connectivity index (χ1n) is 7.61. The van der Waals surface area contributed by atoms with E-state index in [0.717, 1.165) is 44.0 Å². The molecular weight excluding hydrogens is 346 g/mol. The Balaban J connectivity index is 1.50. The Kier molecular flexibility index (Phi) is 3.34. The first-order chi connectivity index (χ1) is 11.9. The van der Waals surface area contributed by atoms with Gasteiger partial charge in [-0.2, -0.15) is 0 Å². The number of rotatable bonds is 2. The second-order valence-electron chi connectivity index (χ2n) is 5.36. The van der Waals surface area contributed by atoms with Gasteiger partial charge in [-0.1, -0.05) is 6.07 Å². The van der Waals surface area contributed by atoms with Crippen LogP contribution >= 0.6 is 22.7 Å². The van der Waals surface area contributed by atoms with Crippen LogP contribution in [0, 0.1) is 0 Å². The molecule has 0 radical (unpaired) electrons. The molecule has 0 saturated heterocycles. The van der Waals surface area contributed by atoms with Crippen LogP contribution in [0.4, 0.5) is 0 Å². The number of hydrogen-bond donors (Lipinski definition) is 0. The van der Waals surface area contributed by atoms with Crippen LogP contribution < -0.4 is 18.9 Å². The first-order valence-corrected chi connectivity index (χ1v) is 9.37. The lowest BCUT2D eigenvalue weighted by atomic mass is 10.1. The van der Waals surface area contributed by atoms with Gasteiger partial charge in [0.25, 0.3) is 0 Å². The van der Waals surface area contributed by atoms with E-state index in [1.54, 1.807) is 22.7 Å². The summed E-state index contributed by atoms with van der Waals surface area (Å²) in [6, 6.07) is 4.06. The highest BCUT2D eigenvalue weighted by molar-refractivity contribution is 7.13. The summed E-state index contributed by atoms with van der Waals surface area (Å²) in [4.78, 5) is 4.61. The highest BCUT2D eigenvalue weighted by Gasteiger charge is 2.22. The van der Waals surface area contributed by atoms with Gasteiger partial charge in [0, 0.05) is 28.1 Å². The Bertz CT molecular complexity index is 811. The molecule has 0 spiro atoms. The molecule has 0 bridgehead atoms. The maximum Gasteiger partial charge on any atom is 0.217 e. The molecule has 0 aromatic carbocycles. The Labute approximate surface area is 146 Å². The molecule has 0 atom stereocenters. The molecule has 7 heteroatoms. The fourth-order valence-corrected chi connectivity index (χ4v) is 4.55. The van der Waals surface area contributed by atoms with Crippen LogP contribution in [0.1, 0.15) is 0 Å². The topological polar surface area (TPSA) is 49.8 Å². The van der Waals surface area contributed by atoms with Crippen molar-refractivity contribution in [3.63, 3.8) is 0 Å². The molecule has 5 rings (SSSR count). The van der Waals surface area contributed by atoms with Crippen LogP contribution in [-0.4, -0.2) is 31.4 Å². The third-order valence-electron chi connectivity index (χ3n) is 3.90. The van der Waals surface area contributed by atoms with Crippen molar-refractivity contribution < 1.29 is 18.9 Å². The van der Waals surface area contributed by atoms with Crippen molar-refractivity contribution in [1.82, 2.24) is 4.98 Å². The molecule has 0 N–H and O–H groups in total. The van der Waals surface area contributed by atoms with Crippen molar-refractivity contribution in [2.24, 2.45) is 0 Å².